The van der Waals surface area contributed by atoms with Crippen LogP contribution in [0, 0.1) is 19.8 Å². The molecule has 0 spiro atoms. The molecule has 0 aliphatic carbocycles. The Bertz CT molecular complexity index is 560. The Morgan fingerprint density at radius 1 is 1.24 bits per heavy atom. The molecule has 21 heavy (non-hydrogen) atoms. The summed E-state index contributed by atoms with van der Waals surface area (Å²) in [5, 5.41) is 0. The molecule has 0 fully saturated rings. The van der Waals surface area contributed by atoms with Crippen LogP contribution in [0.25, 0.3) is 0 Å². The molecule has 0 saturated carbocycles. The van der Waals surface area contributed by atoms with E-state index in [0.717, 1.165) is 0 Å². The zero-order valence-electron chi connectivity index (χ0n) is 13.4. The number of sulfonamides is 1. The van der Waals surface area contributed by atoms with Gasteiger partial charge >= 0.3 is 0 Å². The van der Waals surface area contributed by atoms with Crippen molar-refractivity contribution in [3.8, 4) is 0 Å². The second kappa shape index (κ2) is 7.24. The van der Waals surface area contributed by atoms with E-state index in [4.69, 9.17) is 10.5 Å². The quantitative estimate of drug-likeness (QED) is 0.756. The summed E-state index contributed by atoms with van der Waals surface area (Å²) in [6, 6.07) is 3.09. The molecule has 1 aromatic carbocycles. The molecule has 5 nitrogen and oxygen atoms in total. The lowest BCUT2D eigenvalue weighted by Gasteiger charge is -2.23. The molecule has 1 atom stereocenters. The molecular formula is C15H26N2O3S. The van der Waals surface area contributed by atoms with E-state index in [-0.39, 0.29) is 12.0 Å². The van der Waals surface area contributed by atoms with Crippen LogP contribution >= 0.6 is 0 Å². The largest absolute Gasteiger partial charge is 0.399 e. The molecule has 0 heterocycles. The number of ether oxygens (including phenoxy) is 1. The van der Waals surface area contributed by atoms with Crippen LogP contribution in [-0.4, -0.2) is 27.7 Å². The van der Waals surface area contributed by atoms with Crippen LogP contribution in [0.2, 0.25) is 0 Å². The van der Waals surface area contributed by atoms with E-state index in [1.807, 2.05) is 20.8 Å². The third kappa shape index (κ3) is 4.69. The minimum Gasteiger partial charge on any atom is -0.399 e. The fraction of sp³-hybridized carbons (Fsp3) is 0.600. The number of hydrogen-bond donors (Lipinski definition) is 2. The summed E-state index contributed by atoms with van der Waals surface area (Å²) in [6.45, 7) is 10.3. The van der Waals surface area contributed by atoms with Gasteiger partial charge in [-0.05, 0) is 49.9 Å². The maximum Gasteiger partial charge on any atom is 0.241 e. The highest BCUT2D eigenvalue weighted by Gasteiger charge is 2.25. The van der Waals surface area contributed by atoms with E-state index < -0.39 is 10.0 Å². The molecule has 120 valence electrons. The minimum atomic E-state index is -3.60. The number of rotatable bonds is 7. The van der Waals surface area contributed by atoms with Gasteiger partial charge in [-0.15, -0.1) is 0 Å². The van der Waals surface area contributed by atoms with Gasteiger partial charge in [0.2, 0.25) is 10.0 Å². The Morgan fingerprint density at radius 3 is 2.19 bits per heavy atom. The molecule has 0 aromatic heterocycles. The van der Waals surface area contributed by atoms with E-state index in [2.05, 4.69) is 4.72 Å². The second-order valence-electron chi connectivity index (χ2n) is 5.62. The van der Waals surface area contributed by atoms with E-state index in [0.29, 0.717) is 34.9 Å². The topological polar surface area (TPSA) is 81.4 Å². The van der Waals surface area contributed by atoms with Crippen LogP contribution in [0.4, 0.5) is 5.69 Å². The summed E-state index contributed by atoms with van der Waals surface area (Å²) in [7, 11) is -3.60. The van der Waals surface area contributed by atoms with Gasteiger partial charge in [0.25, 0.3) is 0 Å². The number of aryl methyl sites for hydroxylation is 2. The number of hydrogen-bond acceptors (Lipinski definition) is 4. The molecular weight excluding hydrogens is 288 g/mol. The van der Waals surface area contributed by atoms with E-state index in [9.17, 15) is 8.42 Å². The fourth-order valence-electron chi connectivity index (χ4n) is 2.27. The Morgan fingerprint density at radius 2 is 1.76 bits per heavy atom. The predicted molar refractivity (Wildman–Crippen MR) is 85.8 cm³/mol. The number of nitrogen functional groups attached to an aromatic ring is 1. The molecule has 1 rings (SSSR count). The minimum absolute atomic E-state index is 0.140. The molecule has 0 radical (unpaired) electrons. The van der Waals surface area contributed by atoms with Gasteiger partial charge < -0.3 is 10.5 Å². The van der Waals surface area contributed by atoms with Crippen LogP contribution in [0.3, 0.4) is 0 Å². The van der Waals surface area contributed by atoms with Crippen LogP contribution in [0.5, 0.6) is 0 Å². The lowest BCUT2D eigenvalue weighted by atomic mass is 10.1. The zero-order chi connectivity index (χ0) is 16.2. The SMILES string of the molecule is CCOCC(NS(=O)(=O)c1c(C)cc(N)cc1C)C(C)C. The molecule has 3 N–H and O–H groups in total. The summed E-state index contributed by atoms with van der Waals surface area (Å²) in [5.41, 5.74) is 7.62. The van der Waals surface area contributed by atoms with E-state index >= 15 is 0 Å². The number of nitrogens with two attached hydrogens (primary N) is 1. The number of benzene rings is 1. The van der Waals surface area contributed by atoms with Gasteiger partial charge in [0.15, 0.2) is 0 Å². The third-order valence-electron chi connectivity index (χ3n) is 3.36. The van der Waals surface area contributed by atoms with Gasteiger partial charge in [-0.3, -0.25) is 0 Å². The van der Waals surface area contributed by atoms with Gasteiger partial charge in [-0.1, -0.05) is 13.8 Å². The highest BCUT2D eigenvalue weighted by atomic mass is 32.2. The van der Waals surface area contributed by atoms with Crippen molar-refractivity contribution in [1.29, 1.82) is 0 Å². The summed E-state index contributed by atoms with van der Waals surface area (Å²) in [5.74, 6) is 0.140. The molecule has 1 unspecified atom stereocenters. The van der Waals surface area contributed by atoms with Gasteiger partial charge in [-0.2, -0.15) is 0 Å². The average Bonchev–Trinajstić information content (AvgIpc) is 2.32. The Hall–Kier alpha value is -1.11. The highest BCUT2D eigenvalue weighted by molar-refractivity contribution is 7.89. The summed E-state index contributed by atoms with van der Waals surface area (Å²) >= 11 is 0. The first-order valence-electron chi connectivity index (χ1n) is 7.15. The molecule has 6 heteroatoms. The average molecular weight is 314 g/mol. The Balaban J connectivity index is 3.11. The Kier molecular flexibility index (Phi) is 6.19. The smallest absolute Gasteiger partial charge is 0.241 e. The van der Waals surface area contributed by atoms with Crippen molar-refractivity contribution in [2.24, 2.45) is 5.92 Å². The zero-order valence-corrected chi connectivity index (χ0v) is 14.3. The monoisotopic (exact) mass is 314 g/mol. The fourth-order valence-corrected chi connectivity index (χ4v) is 4.10. The number of nitrogens with one attached hydrogen (secondary N) is 1. The van der Waals surface area contributed by atoms with Crippen molar-refractivity contribution >= 4 is 15.7 Å². The van der Waals surface area contributed by atoms with E-state index in [1.165, 1.54) is 0 Å². The molecule has 0 saturated heterocycles. The molecule has 0 aliphatic heterocycles. The second-order valence-corrected chi connectivity index (χ2v) is 7.27. The van der Waals surface area contributed by atoms with Crippen LogP contribution in [0.15, 0.2) is 17.0 Å². The third-order valence-corrected chi connectivity index (χ3v) is 5.16. The van der Waals surface area contributed by atoms with Crippen molar-refractivity contribution in [3.05, 3.63) is 23.3 Å². The molecule has 0 aliphatic rings. The normalized spacial score (nSPS) is 13.6. The predicted octanol–water partition coefficient (Wildman–Crippen LogP) is 2.23. The standard InChI is InChI=1S/C15H26N2O3S/c1-6-20-9-14(10(2)3)17-21(18,19)15-11(4)7-13(16)8-12(15)5/h7-8,10,14,17H,6,9,16H2,1-5H3. The molecule has 1 aromatic rings. The van der Waals surface area contributed by atoms with Crippen molar-refractivity contribution in [3.63, 3.8) is 0 Å². The van der Waals surface area contributed by atoms with Gasteiger partial charge in [-0.25, -0.2) is 13.1 Å². The van der Waals surface area contributed by atoms with Crippen LogP contribution < -0.4 is 10.5 Å². The summed E-state index contributed by atoms with van der Waals surface area (Å²) < 4.78 is 33.4. The van der Waals surface area contributed by atoms with Crippen molar-refractivity contribution < 1.29 is 13.2 Å². The van der Waals surface area contributed by atoms with Gasteiger partial charge in [0.1, 0.15) is 0 Å². The van der Waals surface area contributed by atoms with Gasteiger partial charge in [0, 0.05) is 18.3 Å². The van der Waals surface area contributed by atoms with Crippen molar-refractivity contribution in [2.75, 3.05) is 18.9 Å². The Labute approximate surface area is 127 Å². The lowest BCUT2D eigenvalue weighted by Crippen LogP contribution is -2.42. The maximum absolute atomic E-state index is 12.7. The first-order valence-corrected chi connectivity index (χ1v) is 8.64. The lowest BCUT2D eigenvalue weighted by molar-refractivity contribution is 0.116. The maximum atomic E-state index is 12.7. The van der Waals surface area contributed by atoms with Crippen molar-refractivity contribution in [1.82, 2.24) is 4.72 Å². The first-order chi connectivity index (χ1) is 9.69. The van der Waals surface area contributed by atoms with Crippen LogP contribution in [0.1, 0.15) is 31.9 Å². The van der Waals surface area contributed by atoms with E-state index in [1.54, 1.807) is 26.0 Å². The molecule has 0 bridgehead atoms. The first kappa shape index (κ1) is 17.9. The van der Waals surface area contributed by atoms with Crippen molar-refractivity contribution in [2.45, 2.75) is 45.6 Å². The summed E-state index contributed by atoms with van der Waals surface area (Å²) in [4.78, 5) is 0.304. The van der Waals surface area contributed by atoms with Crippen LogP contribution in [-0.2, 0) is 14.8 Å². The summed E-state index contributed by atoms with van der Waals surface area (Å²) in [6.07, 6.45) is 0. The molecule has 0 amide bonds. The number of anilines is 1. The van der Waals surface area contributed by atoms with Gasteiger partial charge in [0.05, 0.1) is 11.5 Å². The highest BCUT2D eigenvalue weighted by Crippen LogP contribution is 2.23.